The molecule has 5 heteroatoms. The molecular formula is C16H28N4O. The van der Waals surface area contributed by atoms with Crippen LogP contribution in [0.4, 0.5) is 0 Å². The van der Waals surface area contributed by atoms with Crippen molar-refractivity contribution in [3.8, 4) is 0 Å². The molecule has 1 aliphatic rings. The number of aromatic nitrogens is 2. The van der Waals surface area contributed by atoms with Crippen LogP contribution in [0.5, 0.6) is 0 Å². The summed E-state index contributed by atoms with van der Waals surface area (Å²) in [6.45, 7) is 7.87. The number of likely N-dealkylation sites (N-methyl/N-ethyl adjacent to an activating group) is 1. The molecule has 1 aromatic heterocycles. The highest BCUT2D eigenvalue weighted by atomic mass is 16.2. The molecule has 1 fully saturated rings. The monoisotopic (exact) mass is 292 g/mol. The number of nitrogens with zero attached hydrogens (tertiary/aromatic N) is 3. The third kappa shape index (κ3) is 3.46. The van der Waals surface area contributed by atoms with Gasteiger partial charge in [0.05, 0.1) is 5.69 Å². The van der Waals surface area contributed by atoms with E-state index in [2.05, 4.69) is 17.3 Å². The summed E-state index contributed by atoms with van der Waals surface area (Å²) < 4.78 is 1.90. The molecule has 1 aromatic rings. The van der Waals surface area contributed by atoms with Gasteiger partial charge in [-0.05, 0) is 45.7 Å². The molecule has 118 valence electrons. The smallest absolute Gasteiger partial charge is 0.225 e. The lowest BCUT2D eigenvalue weighted by Crippen LogP contribution is -2.48. The van der Waals surface area contributed by atoms with Gasteiger partial charge in [-0.15, -0.1) is 0 Å². The van der Waals surface area contributed by atoms with Gasteiger partial charge < -0.3 is 10.2 Å². The van der Waals surface area contributed by atoms with Gasteiger partial charge in [0.2, 0.25) is 5.91 Å². The van der Waals surface area contributed by atoms with Gasteiger partial charge in [-0.3, -0.25) is 9.48 Å². The van der Waals surface area contributed by atoms with Gasteiger partial charge in [0, 0.05) is 37.8 Å². The maximum atomic E-state index is 12.7. The fourth-order valence-corrected chi connectivity index (χ4v) is 3.23. The average Bonchev–Trinajstić information content (AvgIpc) is 2.72. The Morgan fingerprint density at radius 2 is 2.19 bits per heavy atom. The van der Waals surface area contributed by atoms with E-state index in [1.165, 1.54) is 11.3 Å². The Labute approximate surface area is 127 Å². The van der Waals surface area contributed by atoms with Gasteiger partial charge in [-0.1, -0.05) is 6.92 Å². The third-order valence-electron chi connectivity index (χ3n) is 4.73. The number of nitrogens with one attached hydrogen (secondary N) is 1. The van der Waals surface area contributed by atoms with Crippen LogP contribution in [-0.2, 0) is 18.3 Å². The van der Waals surface area contributed by atoms with Crippen LogP contribution in [0.15, 0.2) is 0 Å². The van der Waals surface area contributed by atoms with Crippen LogP contribution in [0, 0.1) is 19.8 Å². The van der Waals surface area contributed by atoms with E-state index in [1.54, 1.807) is 0 Å². The summed E-state index contributed by atoms with van der Waals surface area (Å²) in [7, 11) is 3.94. The van der Waals surface area contributed by atoms with Crippen molar-refractivity contribution in [1.82, 2.24) is 20.0 Å². The molecular weight excluding hydrogens is 264 g/mol. The predicted molar refractivity (Wildman–Crippen MR) is 84.2 cm³/mol. The lowest BCUT2D eigenvalue weighted by molar-refractivity contribution is -0.136. The molecule has 0 saturated carbocycles. The summed E-state index contributed by atoms with van der Waals surface area (Å²) >= 11 is 0. The first-order chi connectivity index (χ1) is 9.93. The van der Waals surface area contributed by atoms with Crippen LogP contribution in [0.25, 0.3) is 0 Å². The second-order valence-electron chi connectivity index (χ2n) is 6.29. The maximum Gasteiger partial charge on any atom is 0.225 e. The van der Waals surface area contributed by atoms with Crippen LogP contribution < -0.4 is 5.32 Å². The van der Waals surface area contributed by atoms with Crippen molar-refractivity contribution < 1.29 is 4.79 Å². The molecule has 5 nitrogen and oxygen atoms in total. The number of rotatable bonds is 4. The lowest BCUT2D eigenvalue weighted by atomic mass is 9.96. The second kappa shape index (κ2) is 6.60. The van der Waals surface area contributed by atoms with Crippen molar-refractivity contribution in [2.45, 2.75) is 46.1 Å². The molecule has 0 aromatic carbocycles. The number of amides is 1. The van der Waals surface area contributed by atoms with Crippen molar-refractivity contribution in [3.05, 3.63) is 17.0 Å². The number of piperidine rings is 1. The molecule has 0 bridgehead atoms. The van der Waals surface area contributed by atoms with E-state index >= 15 is 0 Å². The fraction of sp³-hybridized carbons (Fsp3) is 0.750. The Hall–Kier alpha value is -1.36. The lowest BCUT2D eigenvalue weighted by Gasteiger charge is -2.34. The standard InChI is InChI=1S/C16H28N4O/c1-11(9-15-12(2)18-19(5)13(15)3)16(21)20-8-6-7-14(10-20)17-4/h11,14,17H,6-10H2,1-5H3. The number of likely N-dealkylation sites (tertiary alicyclic amines) is 1. The molecule has 0 spiro atoms. The molecule has 2 heterocycles. The third-order valence-corrected chi connectivity index (χ3v) is 4.73. The van der Waals surface area contributed by atoms with Gasteiger partial charge in [0.15, 0.2) is 0 Å². The summed E-state index contributed by atoms with van der Waals surface area (Å²) in [5.74, 6) is 0.291. The van der Waals surface area contributed by atoms with E-state index in [4.69, 9.17) is 0 Å². The van der Waals surface area contributed by atoms with Crippen molar-refractivity contribution in [1.29, 1.82) is 0 Å². The van der Waals surface area contributed by atoms with Crippen LogP contribution in [0.3, 0.4) is 0 Å². The molecule has 1 amide bonds. The minimum absolute atomic E-state index is 0.0159. The van der Waals surface area contributed by atoms with E-state index in [-0.39, 0.29) is 11.8 Å². The van der Waals surface area contributed by atoms with E-state index in [1.807, 2.05) is 37.5 Å². The van der Waals surface area contributed by atoms with Crippen LogP contribution in [-0.4, -0.2) is 46.8 Å². The highest BCUT2D eigenvalue weighted by Gasteiger charge is 2.27. The molecule has 21 heavy (non-hydrogen) atoms. The first kappa shape index (κ1) is 16.0. The Balaban J connectivity index is 2.02. The zero-order valence-corrected chi connectivity index (χ0v) is 13.9. The second-order valence-corrected chi connectivity index (χ2v) is 6.29. The Bertz CT molecular complexity index is 509. The quantitative estimate of drug-likeness (QED) is 0.913. The van der Waals surface area contributed by atoms with Crippen molar-refractivity contribution in [3.63, 3.8) is 0 Å². The van der Waals surface area contributed by atoms with Gasteiger partial charge in [-0.25, -0.2) is 0 Å². The van der Waals surface area contributed by atoms with Gasteiger partial charge in [-0.2, -0.15) is 5.10 Å². The largest absolute Gasteiger partial charge is 0.341 e. The fourth-order valence-electron chi connectivity index (χ4n) is 3.23. The maximum absolute atomic E-state index is 12.7. The molecule has 1 aliphatic heterocycles. The molecule has 1 saturated heterocycles. The Morgan fingerprint density at radius 3 is 2.76 bits per heavy atom. The van der Waals surface area contributed by atoms with Gasteiger partial charge >= 0.3 is 0 Å². The molecule has 2 atom stereocenters. The molecule has 0 aliphatic carbocycles. The highest BCUT2D eigenvalue weighted by molar-refractivity contribution is 5.79. The van der Waals surface area contributed by atoms with Gasteiger partial charge in [0.1, 0.15) is 0 Å². The number of hydrogen-bond acceptors (Lipinski definition) is 3. The zero-order valence-electron chi connectivity index (χ0n) is 13.9. The minimum Gasteiger partial charge on any atom is -0.341 e. The normalized spacial score (nSPS) is 20.6. The van der Waals surface area contributed by atoms with Crippen molar-refractivity contribution in [2.24, 2.45) is 13.0 Å². The summed E-state index contributed by atoms with van der Waals surface area (Å²) in [5.41, 5.74) is 3.43. The van der Waals surface area contributed by atoms with Crippen LogP contribution in [0.2, 0.25) is 0 Å². The summed E-state index contributed by atoms with van der Waals surface area (Å²) in [4.78, 5) is 14.7. The molecule has 2 unspecified atom stereocenters. The highest BCUT2D eigenvalue weighted by Crippen LogP contribution is 2.20. The topological polar surface area (TPSA) is 50.2 Å². The van der Waals surface area contributed by atoms with Crippen LogP contribution in [0.1, 0.15) is 36.7 Å². The minimum atomic E-state index is 0.0159. The van der Waals surface area contributed by atoms with E-state index in [9.17, 15) is 4.79 Å². The van der Waals surface area contributed by atoms with Gasteiger partial charge in [0.25, 0.3) is 0 Å². The van der Waals surface area contributed by atoms with E-state index < -0.39 is 0 Å². The van der Waals surface area contributed by atoms with Crippen molar-refractivity contribution >= 4 is 5.91 Å². The Morgan fingerprint density at radius 1 is 1.48 bits per heavy atom. The number of carbonyl (C=O) groups is 1. The van der Waals surface area contributed by atoms with E-state index in [0.29, 0.717) is 6.04 Å². The van der Waals surface area contributed by atoms with Crippen LogP contribution >= 0.6 is 0 Å². The van der Waals surface area contributed by atoms with Crippen molar-refractivity contribution in [2.75, 3.05) is 20.1 Å². The summed E-state index contributed by atoms with van der Waals surface area (Å²) in [5, 5.41) is 7.73. The first-order valence-corrected chi connectivity index (χ1v) is 7.89. The molecule has 2 rings (SSSR count). The number of carbonyl (C=O) groups excluding carboxylic acids is 1. The summed E-state index contributed by atoms with van der Waals surface area (Å²) in [6, 6.07) is 0.441. The zero-order chi connectivity index (χ0) is 15.6. The summed E-state index contributed by atoms with van der Waals surface area (Å²) in [6.07, 6.45) is 3.04. The van der Waals surface area contributed by atoms with E-state index in [0.717, 1.165) is 38.0 Å². The average molecular weight is 292 g/mol. The Kier molecular flexibility index (Phi) is 5.04. The molecule has 0 radical (unpaired) electrons. The first-order valence-electron chi connectivity index (χ1n) is 7.89. The number of hydrogen-bond donors (Lipinski definition) is 1. The molecule has 1 N–H and O–H groups in total. The number of aryl methyl sites for hydroxylation is 2. The predicted octanol–water partition coefficient (Wildman–Crippen LogP) is 1.43. The SMILES string of the molecule is CNC1CCCN(C(=O)C(C)Cc2c(C)nn(C)c2C)C1.